The lowest BCUT2D eigenvalue weighted by molar-refractivity contribution is 0.102. The van der Waals surface area contributed by atoms with E-state index >= 15 is 0 Å². The topological polar surface area (TPSA) is 35.5 Å². The molecule has 3 aromatic carbocycles. The number of rotatable bonds is 6. The first-order valence-corrected chi connectivity index (χ1v) is 10.5. The molecule has 0 fully saturated rings. The third kappa shape index (κ3) is 4.00. The van der Waals surface area contributed by atoms with Crippen LogP contribution in [0, 0.1) is 11.6 Å². The predicted octanol–water partition coefficient (Wildman–Crippen LogP) is 6.72. The van der Waals surface area contributed by atoms with E-state index in [0.717, 1.165) is 11.1 Å². The second-order valence-corrected chi connectivity index (χ2v) is 7.99. The molecule has 2 unspecified atom stereocenters. The van der Waals surface area contributed by atoms with Crippen molar-refractivity contribution in [1.29, 1.82) is 0 Å². The van der Waals surface area contributed by atoms with Crippen molar-refractivity contribution in [1.82, 2.24) is 0 Å². The Labute approximate surface area is 190 Å². The molecule has 0 bridgehead atoms. The van der Waals surface area contributed by atoms with Crippen LogP contribution in [0.25, 0.3) is 0 Å². The molecular formula is C26H21ClF2O3. The summed E-state index contributed by atoms with van der Waals surface area (Å²) in [5.74, 6) is -0.996. The smallest absolute Gasteiger partial charge is 0.192 e. The Morgan fingerprint density at radius 1 is 0.969 bits per heavy atom. The van der Waals surface area contributed by atoms with E-state index in [9.17, 15) is 13.6 Å². The van der Waals surface area contributed by atoms with Gasteiger partial charge in [-0.15, -0.1) is 0 Å². The number of halogens is 3. The second-order valence-electron chi connectivity index (χ2n) is 7.58. The van der Waals surface area contributed by atoms with Crippen LogP contribution in [0.5, 0.6) is 11.5 Å². The molecule has 0 aromatic heterocycles. The highest BCUT2D eigenvalue weighted by Crippen LogP contribution is 2.48. The van der Waals surface area contributed by atoms with E-state index in [2.05, 4.69) is 0 Å². The normalized spacial score (nSPS) is 17.7. The molecule has 6 heteroatoms. The number of para-hydroxylation sites is 1. The standard InChI is InChI=1S/C26H21ClF2O3/c1-31-23-8-4-5-18(26(23)32-2)20-13-16(15-9-11-17(28)12-10-15)14-21(20)25(30)19-6-3-7-22(27)24(19)29/h3-12,14,16,20H,13H2,1-2H3. The average Bonchev–Trinajstić information content (AvgIpc) is 3.25. The first-order chi connectivity index (χ1) is 15.4. The van der Waals surface area contributed by atoms with Gasteiger partial charge in [0.2, 0.25) is 0 Å². The van der Waals surface area contributed by atoms with Crippen molar-refractivity contribution in [2.45, 2.75) is 18.3 Å². The Hall–Kier alpha value is -3.18. The summed E-state index contributed by atoms with van der Waals surface area (Å²) in [6, 6.07) is 16.0. The molecule has 3 aromatic rings. The molecule has 0 saturated heterocycles. The van der Waals surface area contributed by atoms with Gasteiger partial charge in [0.05, 0.1) is 24.8 Å². The Bertz CT molecular complexity index is 1190. The molecular weight excluding hydrogens is 434 g/mol. The lowest BCUT2D eigenvalue weighted by Gasteiger charge is -2.20. The van der Waals surface area contributed by atoms with Crippen molar-refractivity contribution >= 4 is 17.4 Å². The lowest BCUT2D eigenvalue weighted by atomic mass is 9.86. The van der Waals surface area contributed by atoms with E-state index in [1.54, 1.807) is 31.4 Å². The Morgan fingerprint density at radius 2 is 1.69 bits per heavy atom. The first-order valence-electron chi connectivity index (χ1n) is 10.1. The Balaban J connectivity index is 1.83. The fourth-order valence-corrected chi connectivity index (χ4v) is 4.45. The summed E-state index contributed by atoms with van der Waals surface area (Å²) in [7, 11) is 3.08. The molecule has 2 atom stereocenters. The molecule has 0 radical (unpaired) electrons. The molecule has 164 valence electrons. The van der Waals surface area contributed by atoms with Gasteiger partial charge in [0.1, 0.15) is 5.82 Å². The molecule has 0 saturated carbocycles. The minimum Gasteiger partial charge on any atom is -0.493 e. The number of hydrogen-bond donors (Lipinski definition) is 0. The van der Waals surface area contributed by atoms with Gasteiger partial charge in [0.15, 0.2) is 23.1 Å². The van der Waals surface area contributed by atoms with Gasteiger partial charge in [0.25, 0.3) is 0 Å². The number of allylic oxidation sites excluding steroid dienone is 2. The van der Waals surface area contributed by atoms with Crippen LogP contribution < -0.4 is 9.47 Å². The zero-order valence-electron chi connectivity index (χ0n) is 17.6. The summed E-state index contributed by atoms with van der Waals surface area (Å²) >= 11 is 5.93. The maximum Gasteiger partial charge on any atom is 0.192 e. The highest BCUT2D eigenvalue weighted by molar-refractivity contribution is 6.31. The summed E-state index contributed by atoms with van der Waals surface area (Å²) in [4.78, 5) is 13.5. The maximum absolute atomic E-state index is 14.7. The molecule has 3 nitrogen and oxygen atoms in total. The van der Waals surface area contributed by atoms with Gasteiger partial charge < -0.3 is 9.47 Å². The monoisotopic (exact) mass is 454 g/mol. The molecule has 4 rings (SSSR count). The van der Waals surface area contributed by atoms with Crippen molar-refractivity contribution in [3.8, 4) is 11.5 Å². The third-order valence-electron chi connectivity index (χ3n) is 5.81. The highest BCUT2D eigenvalue weighted by atomic mass is 35.5. The molecule has 1 aliphatic carbocycles. The fraction of sp³-hybridized carbons (Fsp3) is 0.192. The van der Waals surface area contributed by atoms with Crippen LogP contribution in [0.15, 0.2) is 72.3 Å². The number of ketones is 1. The predicted molar refractivity (Wildman–Crippen MR) is 120 cm³/mol. The highest BCUT2D eigenvalue weighted by Gasteiger charge is 2.36. The Morgan fingerprint density at radius 3 is 2.38 bits per heavy atom. The van der Waals surface area contributed by atoms with Crippen molar-refractivity contribution in [3.63, 3.8) is 0 Å². The van der Waals surface area contributed by atoms with E-state index in [0.29, 0.717) is 23.5 Å². The van der Waals surface area contributed by atoms with Gasteiger partial charge in [-0.25, -0.2) is 8.78 Å². The number of carbonyl (C=O) groups is 1. The van der Waals surface area contributed by atoms with Crippen molar-refractivity contribution < 1.29 is 23.0 Å². The van der Waals surface area contributed by atoms with Crippen LogP contribution in [0.1, 0.15) is 39.7 Å². The second kappa shape index (κ2) is 9.13. The van der Waals surface area contributed by atoms with Crippen LogP contribution >= 0.6 is 11.6 Å². The van der Waals surface area contributed by atoms with Crippen LogP contribution in [-0.2, 0) is 0 Å². The van der Waals surface area contributed by atoms with Gasteiger partial charge in [-0.05, 0) is 42.3 Å². The summed E-state index contributed by atoms with van der Waals surface area (Å²) in [5.41, 5.74) is 1.98. The van der Waals surface area contributed by atoms with E-state index in [-0.39, 0.29) is 28.2 Å². The van der Waals surface area contributed by atoms with E-state index in [1.165, 1.54) is 31.4 Å². The maximum atomic E-state index is 14.7. The van der Waals surface area contributed by atoms with Gasteiger partial charge in [-0.2, -0.15) is 0 Å². The number of hydrogen-bond acceptors (Lipinski definition) is 3. The van der Waals surface area contributed by atoms with Crippen molar-refractivity contribution in [2.24, 2.45) is 0 Å². The zero-order valence-corrected chi connectivity index (χ0v) is 18.3. The minimum atomic E-state index is -0.748. The Kier molecular flexibility index (Phi) is 6.28. The lowest BCUT2D eigenvalue weighted by Crippen LogP contribution is -2.12. The summed E-state index contributed by atoms with van der Waals surface area (Å²) in [5, 5.41) is -0.111. The molecule has 0 N–H and O–H groups in total. The molecule has 1 aliphatic rings. The number of ether oxygens (including phenoxy) is 2. The molecule has 32 heavy (non-hydrogen) atoms. The number of benzene rings is 3. The number of methoxy groups -OCH3 is 2. The van der Waals surface area contributed by atoms with E-state index in [4.69, 9.17) is 21.1 Å². The van der Waals surface area contributed by atoms with Gasteiger partial charge >= 0.3 is 0 Å². The largest absolute Gasteiger partial charge is 0.493 e. The van der Waals surface area contributed by atoms with Gasteiger partial charge in [0, 0.05) is 23.0 Å². The quantitative estimate of drug-likeness (QED) is 0.388. The zero-order chi connectivity index (χ0) is 22.8. The number of Topliss-reactive ketones (excluding diaryl/α,β-unsaturated/α-hetero) is 1. The minimum absolute atomic E-state index is 0.0876. The van der Waals surface area contributed by atoms with E-state index in [1.807, 2.05) is 18.2 Å². The van der Waals surface area contributed by atoms with Gasteiger partial charge in [-0.1, -0.05) is 48.0 Å². The van der Waals surface area contributed by atoms with Crippen LogP contribution in [0.4, 0.5) is 8.78 Å². The first kappa shape index (κ1) is 22.0. The van der Waals surface area contributed by atoms with Crippen LogP contribution in [-0.4, -0.2) is 20.0 Å². The molecule has 0 heterocycles. The van der Waals surface area contributed by atoms with Crippen molar-refractivity contribution in [3.05, 3.63) is 106 Å². The van der Waals surface area contributed by atoms with Crippen molar-refractivity contribution in [2.75, 3.05) is 14.2 Å². The summed E-state index contributed by atoms with van der Waals surface area (Å²) in [6.45, 7) is 0. The van der Waals surface area contributed by atoms with Gasteiger partial charge in [-0.3, -0.25) is 4.79 Å². The molecule has 0 amide bonds. The fourth-order valence-electron chi connectivity index (χ4n) is 4.27. The van der Waals surface area contributed by atoms with Crippen LogP contribution in [0.3, 0.4) is 0 Å². The SMILES string of the molecule is COc1cccc(C2CC(c3ccc(F)cc3)C=C2C(=O)c2cccc(Cl)c2F)c1OC. The van der Waals surface area contributed by atoms with Crippen LogP contribution in [0.2, 0.25) is 5.02 Å². The molecule has 0 aliphatic heterocycles. The average molecular weight is 455 g/mol. The van der Waals surface area contributed by atoms with E-state index < -0.39 is 11.6 Å². The third-order valence-corrected chi connectivity index (χ3v) is 6.10. The summed E-state index contributed by atoms with van der Waals surface area (Å²) in [6.07, 6.45) is 2.37. The summed E-state index contributed by atoms with van der Waals surface area (Å²) < 4.78 is 39.2. The molecule has 0 spiro atoms. The number of carbonyl (C=O) groups excluding carboxylic acids is 1.